The SMILES string of the molecule is C=C(N)N[C@@H]1CCCC1=O. The highest BCUT2D eigenvalue weighted by molar-refractivity contribution is 5.86. The predicted octanol–water partition coefficient (Wildman–Crippen LogP) is 0.127. The topological polar surface area (TPSA) is 55.1 Å². The van der Waals surface area contributed by atoms with Gasteiger partial charge in [0.05, 0.1) is 11.9 Å². The highest BCUT2D eigenvalue weighted by Gasteiger charge is 2.23. The van der Waals surface area contributed by atoms with Crippen LogP contribution in [0.5, 0.6) is 0 Å². The first-order valence-electron chi connectivity index (χ1n) is 3.44. The normalized spacial score (nSPS) is 24.8. The molecule has 0 aromatic heterocycles. The average molecular weight is 140 g/mol. The fourth-order valence-electron chi connectivity index (χ4n) is 1.19. The number of carbonyl (C=O) groups excluding carboxylic acids is 1. The van der Waals surface area contributed by atoms with E-state index >= 15 is 0 Å². The van der Waals surface area contributed by atoms with Crippen molar-refractivity contribution in [1.29, 1.82) is 0 Å². The number of nitrogens with one attached hydrogen (secondary N) is 1. The third-order valence-corrected chi connectivity index (χ3v) is 1.66. The van der Waals surface area contributed by atoms with Gasteiger partial charge in [0.2, 0.25) is 0 Å². The summed E-state index contributed by atoms with van der Waals surface area (Å²) < 4.78 is 0. The first kappa shape index (κ1) is 7.12. The lowest BCUT2D eigenvalue weighted by Gasteiger charge is -2.10. The van der Waals surface area contributed by atoms with Gasteiger partial charge in [-0.1, -0.05) is 6.58 Å². The lowest BCUT2D eigenvalue weighted by atomic mass is 10.2. The number of hydrogen-bond donors (Lipinski definition) is 2. The molecule has 1 rings (SSSR count). The summed E-state index contributed by atoms with van der Waals surface area (Å²) >= 11 is 0. The van der Waals surface area contributed by atoms with Crippen LogP contribution in [0.1, 0.15) is 19.3 Å². The zero-order valence-electron chi connectivity index (χ0n) is 5.89. The molecule has 1 aliphatic carbocycles. The Bertz CT molecular complexity index is 165. The van der Waals surface area contributed by atoms with E-state index in [1.807, 2.05) is 0 Å². The van der Waals surface area contributed by atoms with Gasteiger partial charge in [-0.2, -0.15) is 0 Å². The van der Waals surface area contributed by atoms with Crippen molar-refractivity contribution in [3.63, 3.8) is 0 Å². The maximum atomic E-state index is 11.0. The molecule has 0 heterocycles. The van der Waals surface area contributed by atoms with Gasteiger partial charge in [0, 0.05) is 6.42 Å². The van der Waals surface area contributed by atoms with Crippen molar-refractivity contribution in [2.24, 2.45) is 5.73 Å². The highest BCUT2D eigenvalue weighted by Crippen LogP contribution is 2.14. The maximum Gasteiger partial charge on any atom is 0.155 e. The zero-order valence-corrected chi connectivity index (χ0v) is 5.89. The smallest absolute Gasteiger partial charge is 0.155 e. The highest BCUT2D eigenvalue weighted by atomic mass is 16.1. The van der Waals surface area contributed by atoms with Crippen LogP contribution < -0.4 is 11.1 Å². The van der Waals surface area contributed by atoms with Crippen molar-refractivity contribution >= 4 is 5.78 Å². The molecule has 10 heavy (non-hydrogen) atoms. The average Bonchev–Trinajstić information content (AvgIpc) is 2.15. The molecule has 3 nitrogen and oxygen atoms in total. The zero-order chi connectivity index (χ0) is 7.56. The van der Waals surface area contributed by atoms with Gasteiger partial charge < -0.3 is 11.1 Å². The van der Waals surface area contributed by atoms with Gasteiger partial charge in [0.1, 0.15) is 0 Å². The van der Waals surface area contributed by atoms with Gasteiger partial charge >= 0.3 is 0 Å². The van der Waals surface area contributed by atoms with Crippen LogP contribution in [-0.2, 0) is 4.79 Å². The van der Waals surface area contributed by atoms with E-state index in [2.05, 4.69) is 11.9 Å². The van der Waals surface area contributed by atoms with E-state index in [1.165, 1.54) is 0 Å². The Labute approximate surface area is 60.3 Å². The molecule has 1 atom stereocenters. The summed E-state index contributed by atoms with van der Waals surface area (Å²) in [5.41, 5.74) is 5.28. The lowest BCUT2D eigenvalue weighted by molar-refractivity contribution is -0.118. The minimum absolute atomic E-state index is 0.0579. The molecule has 3 heteroatoms. The fourth-order valence-corrected chi connectivity index (χ4v) is 1.19. The number of carbonyl (C=O) groups is 1. The Hall–Kier alpha value is -0.990. The third-order valence-electron chi connectivity index (χ3n) is 1.66. The molecule has 3 N–H and O–H groups in total. The van der Waals surface area contributed by atoms with Gasteiger partial charge in [-0.05, 0) is 12.8 Å². The summed E-state index contributed by atoms with van der Waals surface area (Å²) in [5, 5.41) is 2.83. The lowest BCUT2D eigenvalue weighted by Crippen LogP contribution is -2.34. The Morgan fingerprint density at radius 2 is 2.50 bits per heavy atom. The molecule has 0 aliphatic heterocycles. The van der Waals surface area contributed by atoms with Gasteiger partial charge in [0.15, 0.2) is 5.78 Å². The van der Waals surface area contributed by atoms with E-state index in [-0.39, 0.29) is 11.8 Å². The minimum Gasteiger partial charge on any atom is -0.386 e. The second-order valence-electron chi connectivity index (χ2n) is 2.58. The number of rotatable bonds is 2. The fraction of sp³-hybridized carbons (Fsp3) is 0.571. The van der Waals surface area contributed by atoms with Crippen LogP contribution in [0.4, 0.5) is 0 Å². The Morgan fingerprint density at radius 3 is 2.90 bits per heavy atom. The number of Topliss-reactive ketones (excluding diaryl/α,β-unsaturated/α-hetero) is 1. The van der Waals surface area contributed by atoms with Crippen LogP contribution >= 0.6 is 0 Å². The van der Waals surface area contributed by atoms with Crippen molar-refractivity contribution in [1.82, 2.24) is 5.32 Å². The monoisotopic (exact) mass is 140 g/mol. The first-order valence-corrected chi connectivity index (χ1v) is 3.44. The molecular formula is C7H12N2O. The van der Waals surface area contributed by atoms with E-state index in [0.29, 0.717) is 12.2 Å². The van der Waals surface area contributed by atoms with Crippen molar-refractivity contribution < 1.29 is 4.79 Å². The van der Waals surface area contributed by atoms with E-state index in [0.717, 1.165) is 12.8 Å². The summed E-state index contributed by atoms with van der Waals surface area (Å²) in [6.07, 6.45) is 2.56. The van der Waals surface area contributed by atoms with Crippen molar-refractivity contribution in [3.8, 4) is 0 Å². The summed E-state index contributed by atoms with van der Waals surface area (Å²) in [6.45, 7) is 3.47. The molecular weight excluding hydrogens is 128 g/mol. The van der Waals surface area contributed by atoms with Gasteiger partial charge in [0.25, 0.3) is 0 Å². The van der Waals surface area contributed by atoms with E-state index in [4.69, 9.17) is 5.73 Å². The summed E-state index contributed by atoms with van der Waals surface area (Å²) in [7, 11) is 0. The molecule has 0 radical (unpaired) electrons. The van der Waals surface area contributed by atoms with Gasteiger partial charge in [-0.25, -0.2) is 0 Å². The molecule has 1 fully saturated rings. The first-order chi connectivity index (χ1) is 4.70. The van der Waals surface area contributed by atoms with Crippen LogP contribution in [0.15, 0.2) is 12.4 Å². The van der Waals surface area contributed by atoms with Gasteiger partial charge in [-0.3, -0.25) is 4.79 Å². The third kappa shape index (κ3) is 1.50. The molecule has 0 aromatic rings. The van der Waals surface area contributed by atoms with Crippen molar-refractivity contribution in [2.75, 3.05) is 0 Å². The van der Waals surface area contributed by atoms with Crippen LogP contribution in [0.25, 0.3) is 0 Å². The summed E-state index contributed by atoms with van der Waals surface area (Å²) in [6, 6.07) is -0.0579. The Kier molecular flexibility index (Phi) is 1.94. The molecule has 0 bridgehead atoms. The second kappa shape index (κ2) is 2.73. The molecule has 1 saturated carbocycles. The molecule has 0 unspecified atom stereocenters. The van der Waals surface area contributed by atoms with E-state index in [1.54, 1.807) is 0 Å². The molecule has 0 amide bonds. The van der Waals surface area contributed by atoms with E-state index in [9.17, 15) is 4.79 Å². The molecule has 0 spiro atoms. The maximum absolute atomic E-state index is 11.0. The molecule has 0 aromatic carbocycles. The van der Waals surface area contributed by atoms with Crippen molar-refractivity contribution in [3.05, 3.63) is 12.4 Å². The number of nitrogens with two attached hydrogens (primary N) is 1. The summed E-state index contributed by atoms with van der Waals surface area (Å²) in [4.78, 5) is 11.0. The standard InChI is InChI=1S/C7H12N2O/c1-5(8)9-6-3-2-4-7(6)10/h6,9H,1-4,8H2/t6-/m1/s1. The van der Waals surface area contributed by atoms with Crippen LogP contribution in [0, 0.1) is 0 Å². The molecule has 0 saturated heterocycles. The van der Waals surface area contributed by atoms with Gasteiger partial charge in [-0.15, -0.1) is 0 Å². The minimum atomic E-state index is -0.0579. The van der Waals surface area contributed by atoms with Crippen LogP contribution in [0.2, 0.25) is 0 Å². The number of hydrogen-bond acceptors (Lipinski definition) is 3. The molecule has 1 aliphatic rings. The quantitative estimate of drug-likeness (QED) is 0.573. The Morgan fingerprint density at radius 1 is 1.80 bits per heavy atom. The summed E-state index contributed by atoms with van der Waals surface area (Å²) in [5.74, 6) is 0.645. The van der Waals surface area contributed by atoms with Crippen LogP contribution in [-0.4, -0.2) is 11.8 Å². The Balaban J connectivity index is 2.40. The van der Waals surface area contributed by atoms with E-state index < -0.39 is 0 Å². The van der Waals surface area contributed by atoms with Crippen molar-refractivity contribution in [2.45, 2.75) is 25.3 Å². The molecule has 56 valence electrons. The number of ketones is 1. The van der Waals surface area contributed by atoms with Crippen LogP contribution in [0.3, 0.4) is 0 Å². The second-order valence-corrected chi connectivity index (χ2v) is 2.58. The largest absolute Gasteiger partial charge is 0.386 e. The predicted molar refractivity (Wildman–Crippen MR) is 39.1 cm³/mol.